The summed E-state index contributed by atoms with van der Waals surface area (Å²) in [5.41, 5.74) is -1.25. The van der Waals surface area contributed by atoms with Crippen molar-refractivity contribution in [2.24, 2.45) is 0 Å². The summed E-state index contributed by atoms with van der Waals surface area (Å²) in [7, 11) is 0. The van der Waals surface area contributed by atoms with Crippen LogP contribution in [0.4, 0.5) is 13.2 Å². The van der Waals surface area contributed by atoms with Crippen LogP contribution >= 0.6 is 15.9 Å². The first-order valence-electron chi connectivity index (χ1n) is 4.46. The van der Waals surface area contributed by atoms with E-state index < -0.39 is 23.9 Å². The molecule has 6 heteroatoms. The molecule has 0 radical (unpaired) electrons. The average Bonchev–Trinajstić information content (AvgIpc) is 2.26. The maximum Gasteiger partial charge on any atom is 0.416 e. The van der Waals surface area contributed by atoms with E-state index in [1.54, 1.807) is 0 Å². The van der Waals surface area contributed by atoms with Crippen molar-refractivity contribution < 1.29 is 23.4 Å². The third-order valence-electron chi connectivity index (χ3n) is 2.11. The van der Waals surface area contributed by atoms with Crippen molar-refractivity contribution in [3.63, 3.8) is 0 Å². The van der Waals surface area contributed by atoms with Crippen LogP contribution in [0.2, 0.25) is 0 Å². The van der Waals surface area contributed by atoms with Gasteiger partial charge in [0.25, 0.3) is 0 Å². The molecule has 1 aromatic carbocycles. The average molecular weight is 299 g/mol. The molecule has 16 heavy (non-hydrogen) atoms. The maximum atomic E-state index is 12.6. The largest absolute Gasteiger partial charge is 0.416 e. The number of aliphatic hydroxyl groups excluding tert-OH is 2. The first-order chi connectivity index (χ1) is 7.38. The number of halogens is 4. The van der Waals surface area contributed by atoms with E-state index in [9.17, 15) is 23.4 Å². The summed E-state index contributed by atoms with van der Waals surface area (Å²) in [5.74, 6) is 0. The minimum Gasteiger partial charge on any atom is -0.389 e. The predicted octanol–water partition coefficient (Wildman–Crippen LogP) is 2.49. The molecule has 2 N–H and O–H groups in total. The Morgan fingerprint density at radius 2 is 1.75 bits per heavy atom. The van der Waals surface area contributed by atoms with Gasteiger partial charge in [-0.15, -0.1) is 0 Å². The zero-order valence-electron chi connectivity index (χ0n) is 8.08. The molecule has 90 valence electrons. The minimum absolute atomic E-state index is 0.000355. The molecule has 0 saturated carbocycles. The lowest BCUT2D eigenvalue weighted by atomic mass is 9.99. The molecule has 0 aromatic heterocycles. The highest BCUT2D eigenvalue weighted by molar-refractivity contribution is 9.09. The van der Waals surface area contributed by atoms with E-state index in [0.29, 0.717) is 0 Å². The van der Waals surface area contributed by atoms with E-state index in [-0.39, 0.29) is 10.9 Å². The second-order valence-corrected chi connectivity index (χ2v) is 3.90. The lowest BCUT2D eigenvalue weighted by molar-refractivity contribution is -0.139. The van der Waals surface area contributed by atoms with Crippen LogP contribution in [-0.4, -0.2) is 21.6 Å². The molecule has 2 unspecified atom stereocenters. The summed E-state index contributed by atoms with van der Waals surface area (Å²) in [4.78, 5) is 0. The fourth-order valence-corrected chi connectivity index (χ4v) is 1.66. The zero-order valence-corrected chi connectivity index (χ0v) is 9.66. The van der Waals surface area contributed by atoms with E-state index in [2.05, 4.69) is 15.9 Å². The van der Waals surface area contributed by atoms with Gasteiger partial charge in [0.1, 0.15) is 6.10 Å². The van der Waals surface area contributed by atoms with Crippen molar-refractivity contribution in [3.8, 4) is 0 Å². The van der Waals surface area contributed by atoms with Crippen LogP contribution < -0.4 is 0 Å². The molecule has 2 nitrogen and oxygen atoms in total. The fraction of sp³-hybridized carbons (Fsp3) is 0.400. The Bertz CT molecular complexity index is 354. The Labute approximate surface area is 98.8 Å². The molecule has 2 atom stereocenters. The standard InChI is InChI=1S/C10H10BrF3O2/c11-5-8(15)9(16)6-3-1-2-4-7(6)10(12,13)14/h1-4,8-9,15-16H,5H2. The number of alkyl halides is 4. The lowest BCUT2D eigenvalue weighted by Gasteiger charge is -2.20. The number of aliphatic hydroxyl groups is 2. The molecule has 1 rings (SSSR count). The summed E-state index contributed by atoms with van der Waals surface area (Å²) in [6.07, 6.45) is -7.37. The summed E-state index contributed by atoms with van der Waals surface area (Å²) >= 11 is 2.90. The molecular formula is C10H10BrF3O2. The second kappa shape index (κ2) is 5.16. The molecule has 0 amide bonds. The van der Waals surface area contributed by atoms with Gasteiger partial charge in [-0.1, -0.05) is 34.1 Å². The first-order valence-corrected chi connectivity index (χ1v) is 5.58. The summed E-state index contributed by atoms with van der Waals surface area (Å²) < 4.78 is 37.7. The van der Waals surface area contributed by atoms with Crippen LogP contribution in [0.15, 0.2) is 24.3 Å². The van der Waals surface area contributed by atoms with E-state index in [0.717, 1.165) is 12.1 Å². The van der Waals surface area contributed by atoms with E-state index in [4.69, 9.17) is 0 Å². The molecule has 1 aromatic rings. The number of hydrogen-bond acceptors (Lipinski definition) is 2. The number of benzene rings is 1. The third kappa shape index (κ3) is 2.96. The van der Waals surface area contributed by atoms with Crippen LogP contribution in [-0.2, 0) is 6.18 Å². The smallest absolute Gasteiger partial charge is 0.389 e. The van der Waals surface area contributed by atoms with Gasteiger partial charge in [-0.3, -0.25) is 0 Å². The first kappa shape index (κ1) is 13.5. The summed E-state index contributed by atoms with van der Waals surface area (Å²) in [6.45, 7) is 0. The summed E-state index contributed by atoms with van der Waals surface area (Å²) in [5, 5.41) is 18.9. The van der Waals surface area contributed by atoms with Crippen molar-refractivity contribution in [2.75, 3.05) is 5.33 Å². The molecule has 0 fully saturated rings. The normalized spacial score (nSPS) is 15.9. The Morgan fingerprint density at radius 1 is 1.19 bits per heavy atom. The van der Waals surface area contributed by atoms with E-state index in [1.807, 2.05) is 0 Å². The highest BCUT2D eigenvalue weighted by Gasteiger charge is 2.35. The van der Waals surface area contributed by atoms with Gasteiger partial charge in [0, 0.05) is 5.33 Å². The predicted molar refractivity (Wildman–Crippen MR) is 56.2 cm³/mol. The van der Waals surface area contributed by atoms with Crippen molar-refractivity contribution in [3.05, 3.63) is 35.4 Å². The number of rotatable bonds is 3. The Balaban J connectivity index is 3.13. The Hall–Kier alpha value is -0.590. The maximum absolute atomic E-state index is 12.6. The molecule has 0 aliphatic carbocycles. The van der Waals surface area contributed by atoms with Gasteiger partial charge in [-0.25, -0.2) is 0 Å². The van der Waals surface area contributed by atoms with E-state index in [1.165, 1.54) is 12.1 Å². The van der Waals surface area contributed by atoms with E-state index >= 15 is 0 Å². The van der Waals surface area contributed by atoms with Crippen molar-refractivity contribution >= 4 is 15.9 Å². The minimum atomic E-state index is -4.54. The number of hydrogen-bond donors (Lipinski definition) is 2. The van der Waals surface area contributed by atoms with Crippen LogP contribution in [0.25, 0.3) is 0 Å². The van der Waals surface area contributed by atoms with Gasteiger partial charge >= 0.3 is 6.18 Å². The Kier molecular flexibility index (Phi) is 4.35. The van der Waals surface area contributed by atoms with Crippen molar-refractivity contribution in [1.29, 1.82) is 0 Å². The van der Waals surface area contributed by atoms with Gasteiger partial charge in [-0.05, 0) is 11.6 Å². The third-order valence-corrected chi connectivity index (χ3v) is 2.77. The molecule has 0 spiro atoms. The monoisotopic (exact) mass is 298 g/mol. The van der Waals surface area contributed by atoms with Crippen LogP contribution in [0.5, 0.6) is 0 Å². The van der Waals surface area contributed by atoms with Crippen LogP contribution in [0.3, 0.4) is 0 Å². The highest BCUT2D eigenvalue weighted by Crippen LogP contribution is 2.35. The van der Waals surface area contributed by atoms with Gasteiger partial charge in [-0.2, -0.15) is 13.2 Å². The van der Waals surface area contributed by atoms with Crippen LogP contribution in [0.1, 0.15) is 17.2 Å². The van der Waals surface area contributed by atoms with Crippen molar-refractivity contribution in [1.82, 2.24) is 0 Å². The van der Waals surface area contributed by atoms with Crippen molar-refractivity contribution in [2.45, 2.75) is 18.4 Å². The topological polar surface area (TPSA) is 40.5 Å². The summed E-state index contributed by atoms with van der Waals surface area (Å²) in [6, 6.07) is 4.65. The molecule has 0 aliphatic rings. The second-order valence-electron chi connectivity index (χ2n) is 3.25. The van der Waals surface area contributed by atoms with Gasteiger partial charge < -0.3 is 10.2 Å². The molecule has 0 aliphatic heterocycles. The molecule has 0 bridgehead atoms. The highest BCUT2D eigenvalue weighted by atomic mass is 79.9. The molecular weight excluding hydrogens is 289 g/mol. The van der Waals surface area contributed by atoms with Crippen LogP contribution in [0, 0.1) is 0 Å². The molecule has 0 heterocycles. The SMILES string of the molecule is OC(CBr)C(O)c1ccccc1C(F)(F)F. The molecule has 0 saturated heterocycles. The Morgan fingerprint density at radius 3 is 2.25 bits per heavy atom. The quantitative estimate of drug-likeness (QED) is 0.842. The fourth-order valence-electron chi connectivity index (χ4n) is 1.30. The van der Waals surface area contributed by atoms with Gasteiger partial charge in [0.05, 0.1) is 11.7 Å². The zero-order chi connectivity index (χ0) is 12.3. The van der Waals surface area contributed by atoms with Gasteiger partial charge in [0.2, 0.25) is 0 Å². The van der Waals surface area contributed by atoms with Gasteiger partial charge in [0.15, 0.2) is 0 Å². The lowest BCUT2D eigenvalue weighted by Crippen LogP contribution is -2.22.